The Morgan fingerprint density at radius 1 is 1.08 bits per heavy atom. The summed E-state index contributed by atoms with van der Waals surface area (Å²) in [5.41, 5.74) is 1.99. The molecule has 0 saturated carbocycles. The van der Waals surface area contributed by atoms with Crippen LogP contribution < -0.4 is 4.74 Å². The second-order valence-corrected chi connectivity index (χ2v) is 2.94. The van der Waals surface area contributed by atoms with Crippen molar-refractivity contribution in [1.29, 1.82) is 0 Å². The predicted octanol–water partition coefficient (Wildman–Crippen LogP) is 1.50. The van der Waals surface area contributed by atoms with Crippen LogP contribution in [0, 0.1) is 0 Å². The maximum atomic E-state index is 5.34. The largest absolute Gasteiger partial charge is 0.496 e. The van der Waals surface area contributed by atoms with Gasteiger partial charge in [0.05, 0.1) is 12.7 Å². The predicted molar refractivity (Wildman–Crippen MR) is 47.8 cm³/mol. The summed E-state index contributed by atoms with van der Waals surface area (Å²) in [6.07, 6.45) is 0. The SMILES string of the molecule is COc1ccc2cc1C2(OC)OC. The minimum atomic E-state index is -0.680. The minimum Gasteiger partial charge on any atom is -0.496 e. The van der Waals surface area contributed by atoms with E-state index in [4.69, 9.17) is 14.2 Å². The molecule has 0 amide bonds. The van der Waals surface area contributed by atoms with Crippen LogP contribution in [0.1, 0.15) is 11.1 Å². The normalized spacial score (nSPS) is 16.5. The number of rotatable bonds is 3. The lowest BCUT2D eigenvalue weighted by Gasteiger charge is -2.39. The summed E-state index contributed by atoms with van der Waals surface area (Å²) in [5.74, 6) is 0.124. The van der Waals surface area contributed by atoms with E-state index < -0.39 is 5.79 Å². The number of methoxy groups -OCH3 is 3. The number of hydrogen-bond donors (Lipinski definition) is 0. The molecule has 2 aliphatic rings. The second kappa shape index (κ2) is 2.72. The Kier molecular flexibility index (Phi) is 1.78. The van der Waals surface area contributed by atoms with Gasteiger partial charge in [0, 0.05) is 19.8 Å². The third-order valence-corrected chi connectivity index (χ3v) is 2.51. The summed E-state index contributed by atoms with van der Waals surface area (Å²) in [6.45, 7) is 0. The Hall–Kier alpha value is -1.06. The van der Waals surface area contributed by atoms with Crippen LogP contribution in [0.4, 0.5) is 0 Å². The standard InChI is InChI=1S/C10H12O3/c1-11-9-5-4-7-6-8(9)10(7,12-2)13-3/h4-6H,1-3H3. The zero-order valence-electron chi connectivity index (χ0n) is 7.96. The maximum absolute atomic E-state index is 5.34. The maximum Gasteiger partial charge on any atom is 0.225 e. The fraction of sp³-hybridized carbons (Fsp3) is 0.400. The van der Waals surface area contributed by atoms with Crippen LogP contribution in [0.25, 0.3) is 0 Å². The molecule has 1 aromatic rings. The van der Waals surface area contributed by atoms with Gasteiger partial charge in [-0.25, -0.2) is 0 Å². The molecule has 13 heavy (non-hydrogen) atoms. The fourth-order valence-electron chi connectivity index (χ4n) is 1.79. The van der Waals surface area contributed by atoms with Crippen LogP contribution in [-0.4, -0.2) is 21.3 Å². The van der Waals surface area contributed by atoms with Crippen molar-refractivity contribution >= 4 is 0 Å². The molecular formula is C10H12O3. The van der Waals surface area contributed by atoms with Crippen LogP contribution >= 0.6 is 0 Å². The van der Waals surface area contributed by atoms with Gasteiger partial charge in [-0.3, -0.25) is 0 Å². The Balaban J connectivity index is 2.48. The van der Waals surface area contributed by atoms with Gasteiger partial charge in [0.2, 0.25) is 5.79 Å². The molecule has 0 atom stereocenters. The van der Waals surface area contributed by atoms with Crippen molar-refractivity contribution in [3.05, 3.63) is 29.3 Å². The van der Waals surface area contributed by atoms with E-state index in [2.05, 4.69) is 0 Å². The number of ether oxygens (including phenoxy) is 3. The van der Waals surface area contributed by atoms with E-state index in [9.17, 15) is 0 Å². The molecule has 0 spiro atoms. The van der Waals surface area contributed by atoms with Gasteiger partial charge in [0.1, 0.15) is 5.75 Å². The van der Waals surface area contributed by atoms with Crippen LogP contribution in [0.15, 0.2) is 18.2 Å². The molecule has 1 aromatic carbocycles. The van der Waals surface area contributed by atoms with Crippen molar-refractivity contribution in [3.63, 3.8) is 0 Å². The van der Waals surface area contributed by atoms with Crippen LogP contribution in [0.2, 0.25) is 0 Å². The van der Waals surface area contributed by atoms with E-state index in [0.29, 0.717) is 0 Å². The second-order valence-electron chi connectivity index (χ2n) is 2.94. The summed E-state index contributed by atoms with van der Waals surface area (Å²) < 4.78 is 15.9. The molecule has 2 aliphatic carbocycles. The van der Waals surface area contributed by atoms with Gasteiger partial charge in [-0.15, -0.1) is 0 Å². The summed E-state index contributed by atoms with van der Waals surface area (Å²) in [7, 11) is 4.89. The lowest BCUT2D eigenvalue weighted by atomic mass is 9.84. The molecule has 0 radical (unpaired) electrons. The third kappa shape index (κ3) is 0.857. The molecule has 2 bridgehead atoms. The molecule has 0 unspecified atom stereocenters. The van der Waals surface area contributed by atoms with Crippen LogP contribution in [0.3, 0.4) is 0 Å². The van der Waals surface area contributed by atoms with Gasteiger partial charge >= 0.3 is 0 Å². The molecule has 0 heterocycles. The van der Waals surface area contributed by atoms with E-state index >= 15 is 0 Å². The Morgan fingerprint density at radius 3 is 2.23 bits per heavy atom. The molecular weight excluding hydrogens is 168 g/mol. The summed E-state index contributed by atoms with van der Waals surface area (Å²) in [5, 5.41) is 0. The average Bonchev–Trinajstić information content (AvgIpc) is 2.20. The first kappa shape index (κ1) is 8.53. The van der Waals surface area contributed by atoms with Gasteiger partial charge in [0.25, 0.3) is 0 Å². The van der Waals surface area contributed by atoms with Crippen LogP contribution in [-0.2, 0) is 15.3 Å². The van der Waals surface area contributed by atoms with E-state index in [0.717, 1.165) is 16.9 Å². The molecule has 0 saturated heterocycles. The van der Waals surface area contributed by atoms with Crippen LogP contribution in [0.5, 0.6) is 5.75 Å². The van der Waals surface area contributed by atoms with Crippen molar-refractivity contribution in [2.45, 2.75) is 5.79 Å². The lowest BCUT2D eigenvalue weighted by molar-refractivity contribution is -0.194. The zero-order chi connectivity index (χ0) is 9.47. The van der Waals surface area contributed by atoms with E-state index in [1.54, 1.807) is 21.3 Å². The third-order valence-electron chi connectivity index (χ3n) is 2.51. The molecule has 0 N–H and O–H groups in total. The van der Waals surface area contributed by atoms with E-state index in [1.165, 1.54) is 0 Å². The lowest BCUT2D eigenvalue weighted by Crippen LogP contribution is -2.39. The topological polar surface area (TPSA) is 27.7 Å². The number of hydrogen-bond acceptors (Lipinski definition) is 3. The van der Waals surface area contributed by atoms with Crippen molar-refractivity contribution in [3.8, 4) is 5.75 Å². The van der Waals surface area contributed by atoms with Crippen molar-refractivity contribution < 1.29 is 14.2 Å². The Bertz CT molecular complexity index is 325. The first-order valence-corrected chi connectivity index (χ1v) is 4.08. The number of fused-ring (bicyclic) bond motifs is 2. The molecule has 3 heteroatoms. The molecule has 3 nitrogen and oxygen atoms in total. The fourth-order valence-corrected chi connectivity index (χ4v) is 1.79. The highest BCUT2D eigenvalue weighted by Gasteiger charge is 2.45. The van der Waals surface area contributed by atoms with E-state index in [1.807, 2.05) is 18.2 Å². The van der Waals surface area contributed by atoms with Gasteiger partial charge in [-0.05, 0) is 18.2 Å². The van der Waals surface area contributed by atoms with Crippen molar-refractivity contribution in [2.75, 3.05) is 21.3 Å². The smallest absolute Gasteiger partial charge is 0.225 e. The highest BCUT2D eigenvalue weighted by molar-refractivity contribution is 5.54. The quantitative estimate of drug-likeness (QED) is 0.660. The summed E-state index contributed by atoms with van der Waals surface area (Å²) in [4.78, 5) is 0. The average molecular weight is 180 g/mol. The molecule has 0 aromatic heterocycles. The Morgan fingerprint density at radius 2 is 1.77 bits per heavy atom. The molecule has 70 valence electrons. The molecule has 0 aliphatic heterocycles. The van der Waals surface area contributed by atoms with Crippen molar-refractivity contribution in [2.24, 2.45) is 0 Å². The molecule has 0 fully saturated rings. The van der Waals surface area contributed by atoms with Gasteiger partial charge in [0.15, 0.2) is 0 Å². The summed E-state index contributed by atoms with van der Waals surface area (Å²) >= 11 is 0. The van der Waals surface area contributed by atoms with Gasteiger partial charge in [-0.2, -0.15) is 0 Å². The first-order valence-electron chi connectivity index (χ1n) is 4.08. The first-order chi connectivity index (χ1) is 6.28. The van der Waals surface area contributed by atoms with Gasteiger partial charge < -0.3 is 14.2 Å². The Labute approximate surface area is 77.2 Å². The summed E-state index contributed by atoms with van der Waals surface area (Å²) in [6, 6.07) is 5.87. The highest BCUT2D eigenvalue weighted by atomic mass is 16.7. The number of benzene rings is 1. The minimum absolute atomic E-state index is 0.680. The van der Waals surface area contributed by atoms with Gasteiger partial charge in [-0.1, -0.05) is 0 Å². The highest BCUT2D eigenvalue weighted by Crippen LogP contribution is 2.47. The molecule has 3 rings (SSSR count). The van der Waals surface area contributed by atoms with E-state index in [-0.39, 0.29) is 0 Å². The van der Waals surface area contributed by atoms with Crippen molar-refractivity contribution in [1.82, 2.24) is 0 Å². The zero-order valence-corrected chi connectivity index (χ0v) is 7.96. The monoisotopic (exact) mass is 180 g/mol.